The summed E-state index contributed by atoms with van der Waals surface area (Å²) in [6, 6.07) is 5.98. The topological polar surface area (TPSA) is 29.1 Å². The summed E-state index contributed by atoms with van der Waals surface area (Å²) in [7, 11) is 0. The van der Waals surface area contributed by atoms with Crippen molar-refractivity contribution in [2.45, 2.75) is 44.6 Å². The van der Waals surface area contributed by atoms with Crippen molar-refractivity contribution in [1.82, 2.24) is 5.32 Å². The van der Waals surface area contributed by atoms with Crippen LogP contribution in [-0.4, -0.2) is 11.9 Å². The summed E-state index contributed by atoms with van der Waals surface area (Å²) in [6.45, 7) is 0. The molecule has 1 amide bonds. The molecule has 3 rings (SSSR count). The lowest BCUT2D eigenvalue weighted by molar-refractivity contribution is -0.122. The summed E-state index contributed by atoms with van der Waals surface area (Å²) in [5.41, 5.74) is 1.06. The van der Waals surface area contributed by atoms with Crippen LogP contribution in [0.4, 0.5) is 0 Å². The van der Waals surface area contributed by atoms with Crippen LogP contribution in [-0.2, 0) is 11.2 Å². The van der Waals surface area contributed by atoms with E-state index in [4.69, 9.17) is 23.2 Å². The molecule has 0 unspecified atom stereocenters. The first kappa shape index (κ1) is 14.2. The molecule has 0 radical (unpaired) electrons. The predicted molar refractivity (Wildman–Crippen MR) is 82.2 cm³/mol. The maximum Gasteiger partial charge on any atom is 0.220 e. The standard InChI is InChI=1S/C16H19Cl2NO/c17-13-5-2-10(8-14(13)18)3-6-16(20)19-15-9-11-1-4-12(15)7-11/h2,5,8,11-12,15H,1,3-4,6-7,9H2,(H,19,20)/t11-,12-,15+/m0/s1. The molecule has 2 aliphatic carbocycles. The van der Waals surface area contributed by atoms with Crippen molar-refractivity contribution in [3.8, 4) is 0 Å². The van der Waals surface area contributed by atoms with Gasteiger partial charge in [-0.05, 0) is 55.2 Å². The highest BCUT2D eigenvalue weighted by molar-refractivity contribution is 6.42. The zero-order chi connectivity index (χ0) is 14.1. The third kappa shape index (κ3) is 3.12. The second-order valence-electron chi connectivity index (χ2n) is 6.10. The van der Waals surface area contributed by atoms with Crippen LogP contribution < -0.4 is 5.32 Å². The number of benzene rings is 1. The lowest BCUT2D eigenvalue weighted by Crippen LogP contribution is -2.38. The molecule has 2 saturated carbocycles. The minimum atomic E-state index is 0.161. The molecule has 108 valence electrons. The molecule has 1 N–H and O–H groups in total. The zero-order valence-electron chi connectivity index (χ0n) is 11.4. The molecule has 2 nitrogen and oxygen atoms in total. The first-order valence-corrected chi connectivity index (χ1v) is 8.10. The Morgan fingerprint density at radius 3 is 2.70 bits per heavy atom. The summed E-state index contributed by atoms with van der Waals surface area (Å²) in [6.07, 6.45) is 6.39. The van der Waals surface area contributed by atoms with Crippen LogP contribution in [0.3, 0.4) is 0 Å². The molecule has 3 atom stereocenters. The van der Waals surface area contributed by atoms with Gasteiger partial charge in [0.1, 0.15) is 0 Å². The smallest absolute Gasteiger partial charge is 0.220 e. The number of carbonyl (C=O) groups excluding carboxylic acids is 1. The van der Waals surface area contributed by atoms with Crippen molar-refractivity contribution in [3.63, 3.8) is 0 Å². The lowest BCUT2D eigenvalue weighted by Gasteiger charge is -2.22. The van der Waals surface area contributed by atoms with E-state index >= 15 is 0 Å². The number of fused-ring (bicyclic) bond motifs is 2. The molecular weight excluding hydrogens is 293 g/mol. The van der Waals surface area contributed by atoms with Crippen molar-refractivity contribution in [3.05, 3.63) is 33.8 Å². The van der Waals surface area contributed by atoms with Crippen LogP contribution in [0.1, 0.15) is 37.7 Å². The van der Waals surface area contributed by atoms with E-state index in [2.05, 4.69) is 5.32 Å². The fourth-order valence-corrected chi connectivity index (χ4v) is 3.97. The minimum absolute atomic E-state index is 0.161. The Labute approximate surface area is 129 Å². The Balaban J connectivity index is 1.48. The van der Waals surface area contributed by atoms with Crippen LogP contribution in [0.2, 0.25) is 10.0 Å². The summed E-state index contributed by atoms with van der Waals surface area (Å²) < 4.78 is 0. The van der Waals surface area contributed by atoms with Crippen molar-refractivity contribution in [2.24, 2.45) is 11.8 Å². The number of halogens is 2. The van der Waals surface area contributed by atoms with Gasteiger partial charge in [-0.2, -0.15) is 0 Å². The molecule has 2 bridgehead atoms. The average Bonchev–Trinajstić information content (AvgIpc) is 3.02. The van der Waals surface area contributed by atoms with E-state index in [9.17, 15) is 4.79 Å². The molecule has 0 spiro atoms. The predicted octanol–water partition coefficient (Wildman–Crippen LogP) is 4.23. The van der Waals surface area contributed by atoms with Gasteiger partial charge < -0.3 is 5.32 Å². The third-order valence-corrected chi connectivity index (χ3v) is 5.45. The van der Waals surface area contributed by atoms with Gasteiger partial charge >= 0.3 is 0 Å². The number of nitrogens with one attached hydrogen (secondary N) is 1. The highest BCUT2D eigenvalue weighted by Crippen LogP contribution is 2.44. The maximum atomic E-state index is 12.0. The van der Waals surface area contributed by atoms with Crippen molar-refractivity contribution in [2.75, 3.05) is 0 Å². The van der Waals surface area contributed by atoms with E-state index < -0.39 is 0 Å². The molecule has 20 heavy (non-hydrogen) atoms. The first-order valence-electron chi connectivity index (χ1n) is 7.35. The van der Waals surface area contributed by atoms with Gasteiger partial charge in [0, 0.05) is 12.5 Å². The second-order valence-corrected chi connectivity index (χ2v) is 6.91. The third-order valence-electron chi connectivity index (χ3n) is 4.71. The van der Waals surface area contributed by atoms with Crippen LogP contribution in [0.5, 0.6) is 0 Å². The number of rotatable bonds is 4. The summed E-state index contributed by atoms with van der Waals surface area (Å²) in [4.78, 5) is 12.0. The van der Waals surface area contributed by atoms with Gasteiger partial charge in [0.15, 0.2) is 0 Å². The van der Waals surface area contributed by atoms with Gasteiger partial charge in [-0.3, -0.25) is 4.79 Å². The summed E-state index contributed by atoms with van der Waals surface area (Å²) >= 11 is 11.9. The van der Waals surface area contributed by atoms with E-state index in [1.807, 2.05) is 12.1 Å². The number of hydrogen-bond acceptors (Lipinski definition) is 1. The fraction of sp³-hybridized carbons (Fsp3) is 0.562. The average molecular weight is 312 g/mol. The molecule has 2 fully saturated rings. The molecule has 0 saturated heterocycles. The van der Waals surface area contributed by atoms with Gasteiger partial charge in [0.25, 0.3) is 0 Å². The SMILES string of the molecule is O=C(CCc1ccc(Cl)c(Cl)c1)N[C@@H]1C[C@H]2CC[C@H]1C2. The van der Waals surface area contributed by atoms with Gasteiger partial charge in [-0.15, -0.1) is 0 Å². The molecule has 2 aliphatic rings. The monoisotopic (exact) mass is 311 g/mol. The Kier molecular flexibility index (Phi) is 4.23. The van der Waals surface area contributed by atoms with E-state index in [1.165, 1.54) is 25.7 Å². The minimum Gasteiger partial charge on any atom is -0.353 e. The normalized spacial score (nSPS) is 27.8. The van der Waals surface area contributed by atoms with Gasteiger partial charge in [0.2, 0.25) is 5.91 Å². The van der Waals surface area contributed by atoms with Gasteiger partial charge in [-0.1, -0.05) is 35.7 Å². The number of amides is 1. The highest BCUT2D eigenvalue weighted by atomic mass is 35.5. The number of carbonyl (C=O) groups is 1. The van der Waals surface area contributed by atoms with Crippen molar-refractivity contribution >= 4 is 29.1 Å². The number of aryl methyl sites for hydroxylation is 1. The van der Waals surface area contributed by atoms with Crippen LogP contribution >= 0.6 is 23.2 Å². The second kappa shape index (κ2) is 5.95. The molecule has 0 aliphatic heterocycles. The molecular formula is C16H19Cl2NO. The molecule has 1 aromatic rings. The van der Waals surface area contributed by atoms with Crippen molar-refractivity contribution in [1.29, 1.82) is 0 Å². The Hall–Kier alpha value is -0.730. The van der Waals surface area contributed by atoms with Crippen LogP contribution in [0.25, 0.3) is 0 Å². The molecule has 0 heterocycles. The zero-order valence-corrected chi connectivity index (χ0v) is 12.9. The highest BCUT2D eigenvalue weighted by Gasteiger charge is 2.39. The van der Waals surface area contributed by atoms with Crippen molar-refractivity contribution < 1.29 is 4.79 Å². The molecule has 0 aromatic heterocycles. The van der Waals surface area contributed by atoms with E-state index in [0.717, 1.165) is 17.4 Å². The van der Waals surface area contributed by atoms with E-state index in [1.54, 1.807) is 6.07 Å². The van der Waals surface area contributed by atoms with Gasteiger partial charge in [0.05, 0.1) is 10.0 Å². The summed E-state index contributed by atoms with van der Waals surface area (Å²) in [5.74, 6) is 1.75. The van der Waals surface area contributed by atoms with E-state index in [0.29, 0.717) is 28.9 Å². The largest absolute Gasteiger partial charge is 0.353 e. The Bertz CT molecular complexity index is 517. The summed E-state index contributed by atoms with van der Waals surface area (Å²) in [5, 5.41) is 4.32. The van der Waals surface area contributed by atoms with E-state index in [-0.39, 0.29) is 5.91 Å². The van der Waals surface area contributed by atoms with Crippen LogP contribution in [0.15, 0.2) is 18.2 Å². The van der Waals surface area contributed by atoms with Gasteiger partial charge in [-0.25, -0.2) is 0 Å². The maximum absolute atomic E-state index is 12.0. The molecule has 1 aromatic carbocycles. The Morgan fingerprint density at radius 2 is 2.05 bits per heavy atom. The van der Waals surface area contributed by atoms with Crippen LogP contribution in [0, 0.1) is 11.8 Å². The fourth-order valence-electron chi connectivity index (χ4n) is 3.65. The first-order chi connectivity index (χ1) is 9.61. The molecule has 4 heteroatoms. The number of hydrogen-bond donors (Lipinski definition) is 1. The quantitative estimate of drug-likeness (QED) is 0.885. The lowest BCUT2D eigenvalue weighted by atomic mass is 9.95. The Morgan fingerprint density at radius 1 is 1.20 bits per heavy atom.